The minimum atomic E-state index is 0.601. The molecule has 112 valence electrons. The van der Waals surface area contributed by atoms with Gasteiger partial charge in [0.15, 0.2) is 0 Å². The SMILES string of the molecule is CCOc1cc(Cl)c(CCCCCNC2CC2)cc1Cl. The second-order valence-electron chi connectivity index (χ2n) is 5.35. The Labute approximate surface area is 131 Å². The molecule has 0 bridgehead atoms. The first-order chi connectivity index (χ1) is 9.70. The molecule has 1 aromatic rings. The summed E-state index contributed by atoms with van der Waals surface area (Å²) in [6, 6.07) is 4.59. The molecule has 1 fully saturated rings. The lowest BCUT2D eigenvalue weighted by atomic mass is 10.1. The van der Waals surface area contributed by atoms with Gasteiger partial charge in [-0.2, -0.15) is 0 Å². The fourth-order valence-electron chi connectivity index (χ4n) is 2.24. The van der Waals surface area contributed by atoms with Crippen LogP contribution >= 0.6 is 23.2 Å². The molecule has 0 atom stereocenters. The largest absolute Gasteiger partial charge is 0.492 e. The maximum Gasteiger partial charge on any atom is 0.139 e. The van der Waals surface area contributed by atoms with E-state index in [1.165, 1.54) is 25.7 Å². The smallest absolute Gasteiger partial charge is 0.139 e. The molecule has 0 aliphatic heterocycles. The van der Waals surface area contributed by atoms with Crippen molar-refractivity contribution in [1.82, 2.24) is 5.32 Å². The summed E-state index contributed by atoms with van der Waals surface area (Å²) in [5.41, 5.74) is 1.12. The number of aryl methyl sites for hydroxylation is 1. The van der Waals surface area contributed by atoms with Gasteiger partial charge in [0.05, 0.1) is 11.6 Å². The molecule has 0 heterocycles. The summed E-state index contributed by atoms with van der Waals surface area (Å²) in [4.78, 5) is 0. The van der Waals surface area contributed by atoms with E-state index in [1.54, 1.807) is 0 Å². The molecule has 20 heavy (non-hydrogen) atoms. The zero-order chi connectivity index (χ0) is 14.4. The Morgan fingerprint density at radius 3 is 2.65 bits per heavy atom. The Bertz CT molecular complexity index is 433. The first-order valence-corrected chi connectivity index (χ1v) is 8.30. The van der Waals surface area contributed by atoms with Crippen LogP contribution in [0.1, 0.15) is 44.6 Å². The minimum Gasteiger partial charge on any atom is -0.492 e. The van der Waals surface area contributed by atoms with Gasteiger partial charge in [-0.3, -0.25) is 0 Å². The van der Waals surface area contributed by atoms with Crippen molar-refractivity contribution in [2.75, 3.05) is 13.2 Å². The van der Waals surface area contributed by atoms with Crippen LogP contribution in [0.3, 0.4) is 0 Å². The zero-order valence-corrected chi connectivity index (χ0v) is 13.6. The van der Waals surface area contributed by atoms with Crippen molar-refractivity contribution >= 4 is 23.2 Å². The minimum absolute atomic E-state index is 0.601. The van der Waals surface area contributed by atoms with Crippen LogP contribution in [0.4, 0.5) is 0 Å². The van der Waals surface area contributed by atoms with Gasteiger partial charge in [0, 0.05) is 17.1 Å². The molecule has 2 nitrogen and oxygen atoms in total. The van der Waals surface area contributed by atoms with Crippen LogP contribution < -0.4 is 10.1 Å². The molecule has 4 heteroatoms. The van der Waals surface area contributed by atoms with E-state index in [9.17, 15) is 0 Å². The highest BCUT2D eigenvalue weighted by atomic mass is 35.5. The standard InChI is InChI=1S/C16H23Cl2NO/c1-2-20-16-11-14(17)12(10-15(16)18)6-4-3-5-9-19-13-7-8-13/h10-11,13,19H,2-9H2,1H3. The average molecular weight is 316 g/mol. The topological polar surface area (TPSA) is 21.3 Å². The fourth-order valence-corrected chi connectivity index (χ4v) is 2.73. The van der Waals surface area contributed by atoms with Crippen LogP contribution in [-0.4, -0.2) is 19.2 Å². The van der Waals surface area contributed by atoms with E-state index < -0.39 is 0 Å². The van der Waals surface area contributed by atoms with Gasteiger partial charge in [0.25, 0.3) is 0 Å². The highest BCUT2D eigenvalue weighted by Gasteiger charge is 2.19. The molecule has 1 saturated carbocycles. The summed E-state index contributed by atoms with van der Waals surface area (Å²) in [6.45, 7) is 3.68. The normalized spacial score (nSPS) is 14.6. The van der Waals surface area contributed by atoms with E-state index in [2.05, 4.69) is 5.32 Å². The number of halogens is 2. The number of rotatable bonds is 9. The van der Waals surface area contributed by atoms with E-state index in [0.717, 1.165) is 36.0 Å². The van der Waals surface area contributed by atoms with E-state index in [0.29, 0.717) is 17.4 Å². The molecular weight excluding hydrogens is 293 g/mol. The van der Waals surface area contributed by atoms with E-state index in [-0.39, 0.29) is 0 Å². The monoisotopic (exact) mass is 315 g/mol. The van der Waals surface area contributed by atoms with Crippen molar-refractivity contribution < 1.29 is 4.74 Å². The molecule has 1 aliphatic carbocycles. The van der Waals surface area contributed by atoms with Crippen LogP contribution in [0.15, 0.2) is 12.1 Å². The van der Waals surface area contributed by atoms with Gasteiger partial charge in [-0.05, 0) is 57.2 Å². The highest BCUT2D eigenvalue weighted by molar-refractivity contribution is 6.34. The lowest BCUT2D eigenvalue weighted by molar-refractivity contribution is 0.340. The van der Waals surface area contributed by atoms with Gasteiger partial charge in [-0.1, -0.05) is 29.6 Å². The Kier molecular flexibility index (Phi) is 6.47. The highest BCUT2D eigenvalue weighted by Crippen LogP contribution is 2.32. The van der Waals surface area contributed by atoms with Crippen molar-refractivity contribution in [3.8, 4) is 5.75 Å². The number of ether oxygens (including phenoxy) is 1. The molecular formula is C16H23Cl2NO. The second kappa shape index (κ2) is 8.11. The predicted molar refractivity (Wildman–Crippen MR) is 86.2 cm³/mol. The number of hydrogen-bond acceptors (Lipinski definition) is 2. The van der Waals surface area contributed by atoms with Gasteiger partial charge in [-0.25, -0.2) is 0 Å². The lowest BCUT2D eigenvalue weighted by Gasteiger charge is -2.10. The maximum atomic E-state index is 6.28. The third-order valence-corrected chi connectivity index (χ3v) is 4.18. The maximum absolute atomic E-state index is 6.28. The van der Waals surface area contributed by atoms with E-state index >= 15 is 0 Å². The Morgan fingerprint density at radius 2 is 1.95 bits per heavy atom. The number of benzene rings is 1. The Balaban J connectivity index is 1.72. The van der Waals surface area contributed by atoms with Crippen LogP contribution in [0, 0.1) is 0 Å². The first-order valence-electron chi connectivity index (χ1n) is 7.54. The van der Waals surface area contributed by atoms with Crippen LogP contribution in [0.2, 0.25) is 10.0 Å². The van der Waals surface area contributed by atoms with E-state index in [4.69, 9.17) is 27.9 Å². The molecule has 1 aliphatic rings. The van der Waals surface area contributed by atoms with Crippen LogP contribution in [0.25, 0.3) is 0 Å². The molecule has 0 aromatic heterocycles. The van der Waals surface area contributed by atoms with Gasteiger partial charge >= 0.3 is 0 Å². The van der Waals surface area contributed by atoms with Crippen molar-refractivity contribution in [2.24, 2.45) is 0 Å². The summed E-state index contributed by atoms with van der Waals surface area (Å²) in [5, 5.41) is 4.95. The molecule has 0 radical (unpaired) electrons. The van der Waals surface area contributed by atoms with Crippen molar-refractivity contribution in [1.29, 1.82) is 0 Å². The van der Waals surface area contributed by atoms with Crippen molar-refractivity contribution in [3.63, 3.8) is 0 Å². The molecule has 0 saturated heterocycles. The molecule has 2 rings (SSSR count). The lowest BCUT2D eigenvalue weighted by Crippen LogP contribution is -2.17. The zero-order valence-electron chi connectivity index (χ0n) is 12.1. The molecule has 1 aromatic carbocycles. The first kappa shape index (κ1) is 15.9. The third-order valence-electron chi connectivity index (χ3n) is 3.53. The summed E-state index contributed by atoms with van der Waals surface area (Å²) in [5.74, 6) is 0.677. The summed E-state index contributed by atoms with van der Waals surface area (Å²) in [7, 11) is 0. The van der Waals surface area contributed by atoms with Gasteiger partial charge in [0.1, 0.15) is 5.75 Å². The van der Waals surface area contributed by atoms with Crippen LogP contribution in [0.5, 0.6) is 5.75 Å². The Morgan fingerprint density at radius 1 is 1.15 bits per heavy atom. The summed E-state index contributed by atoms with van der Waals surface area (Å²) in [6.07, 6.45) is 7.31. The van der Waals surface area contributed by atoms with Crippen molar-refractivity contribution in [2.45, 2.75) is 51.5 Å². The molecule has 0 unspecified atom stereocenters. The number of nitrogens with one attached hydrogen (secondary N) is 1. The number of hydrogen-bond donors (Lipinski definition) is 1. The molecule has 0 spiro atoms. The van der Waals surface area contributed by atoms with Gasteiger partial charge in [-0.15, -0.1) is 0 Å². The quantitative estimate of drug-likeness (QED) is 0.657. The summed E-state index contributed by atoms with van der Waals surface area (Å²) < 4.78 is 5.43. The fraction of sp³-hybridized carbons (Fsp3) is 0.625. The van der Waals surface area contributed by atoms with Crippen molar-refractivity contribution in [3.05, 3.63) is 27.7 Å². The third kappa shape index (κ3) is 5.16. The second-order valence-corrected chi connectivity index (χ2v) is 6.16. The average Bonchev–Trinajstić information content (AvgIpc) is 3.23. The van der Waals surface area contributed by atoms with Gasteiger partial charge in [0.2, 0.25) is 0 Å². The summed E-state index contributed by atoms with van der Waals surface area (Å²) >= 11 is 12.5. The number of unbranched alkanes of at least 4 members (excludes halogenated alkanes) is 2. The van der Waals surface area contributed by atoms with Gasteiger partial charge < -0.3 is 10.1 Å². The Hall–Kier alpha value is -0.440. The van der Waals surface area contributed by atoms with E-state index in [1.807, 2.05) is 19.1 Å². The van der Waals surface area contributed by atoms with Crippen LogP contribution in [-0.2, 0) is 6.42 Å². The molecule has 0 amide bonds. The predicted octanol–water partition coefficient (Wildman–Crippen LogP) is 4.86. The molecule has 1 N–H and O–H groups in total.